The largest absolute Gasteiger partial charge is 0.321 e. The van der Waals surface area contributed by atoms with Crippen molar-refractivity contribution in [2.45, 2.75) is 31.7 Å². The van der Waals surface area contributed by atoms with E-state index in [1.54, 1.807) is 0 Å². The van der Waals surface area contributed by atoms with E-state index in [-0.39, 0.29) is 5.54 Å². The molecule has 0 radical (unpaired) electrons. The molecular weight excluding hydrogens is 160 g/mol. The van der Waals surface area contributed by atoms with Crippen molar-refractivity contribution >= 4 is 0 Å². The molecule has 0 aliphatic heterocycles. The first-order valence-electron chi connectivity index (χ1n) is 4.96. The van der Waals surface area contributed by atoms with E-state index in [9.17, 15) is 0 Å². The van der Waals surface area contributed by atoms with Gasteiger partial charge in [0.25, 0.3) is 0 Å². The highest BCUT2D eigenvalue weighted by Gasteiger charge is 2.50. The predicted molar refractivity (Wildman–Crippen MR) is 53.1 cm³/mol. The lowest BCUT2D eigenvalue weighted by atomic mass is 10.0. The average molecular weight is 176 g/mol. The molecule has 0 saturated heterocycles. The van der Waals surface area contributed by atoms with Crippen molar-refractivity contribution in [1.29, 1.82) is 0 Å². The second kappa shape index (κ2) is 3.11. The van der Waals surface area contributed by atoms with Gasteiger partial charge in [0.05, 0.1) is 0 Å². The van der Waals surface area contributed by atoms with Gasteiger partial charge in [0.2, 0.25) is 0 Å². The number of rotatable bonds is 3. The molecule has 1 aliphatic rings. The van der Waals surface area contributed by atoms with Crippen LogP contribution in [0.1, 0.15) is 31.7 Å². The van der Waals surface area contributed by atoms with Crippen LogP contribution < -0.4 is 5.73 Å². The van der Waals surface area contributed by atoms with Gasteiger partial charge in [-0.2, -0.15) is 0 Å². The van der Waals surface area contributed by atoms with E-state index in [4.69, 9.17) is 5.73 Å². The van der Waals surface area contributed by atoms with Crippen LogP contribution in [0.15, 0.2) is 24.5 Å². The third-order valence-corrected chi connectivity index (χ3v) is 3.01. The zero-order valence-electron chi connectivity index (χ0n) is 8.03. The highest BCUT2D eigenvalue weighted by atomic mass is 14.9. The summed E-state index contributed by atoms with van der Waals surface area (Å²) < 4.78 is 0. The Hall–Kier alpha value is -0.890. The van der Waals surface area contributed by atoms with Crippen LogP contribution in [0.25, 0.3) is 0 Å². The van der Waals surface area contributed by atoms with Crippen molar-refractivity contribution in [2.75, 3.05) is 0 Å². The van der Waals surface area contributed by atoms with E-state index < -0.39 is 0 Å². The summed E-state index contributed by atoms with van der Waals surface area (Å²) in [6.45, 7) is 2.21. The summed E-state index contributed by atoms with van der Waals surface area (Å²) in [5.41, 5.74) is 7.49. The van der Waals surface area contributed by atoms with E-state index in [0.717, 1.165) is 6.42 Å². The Bertz CT molecular complexity index is 283. The molecule has 0 aromatic carbocycles. The van der Waals surface area contributed by atoms with Crippen molar-refractivity contribution in [2.24, 2.45) is 11.7 Å². The summed E-state index contributed by atoms with van der Waals surface area (Å²) in [6.07, 6.45) is 7.27. The molecule has 1 aliphatic carbocycles. The fourth-order valence-electron chi connectivity index (χ4n) is 2.07. The Morgan fingerprint density at radius 2 is 2.23 bits per heavy atom. The average Bonchev–Trinajstić information content (AvgIpc) is 2.81. The van der Waals surface area contributed by atoms with Gasteiger partial charge in [-0.1, -0.05) is 13.3 Å². The molecule has 0 spiro atoms. The summed E-state index contributed by atoms with van der Waals surface area (Å²) in [6, 6.07) is 4.07. The fraction of sp³-hybridized carbons (Fsp3) is 0.545. The van der Waals surface area contributed by atoms with Crippen molar-refractivity contribution < 1.29 is 0 Å². The van der Waals surface area contributed by atoms with Gasteiger partial charge in [0.1, 0.15) is 0 Å². The number of aromatic nitrogens is 1. The Morgan fingerprint density at radius 3 is 2.85 bits per heavy atom. The third kappa shape index (κ3) is 1.46. The molecule has 2 nitrogen and oxygen atoms in total. The van der Waals surface area contributed by atoms with Gasteiger partial charge in [0, 0.05) is 17.9 Å². The molecule has 1 aromatic rings. The van der Waals surface area contributed by atoms with Gasteiger partial charge in [-0.25, -0.2) is 0 Å². The number of hydrogen-bond acceptors (Lipinski definition) is 2. The van der Waals surface area contributed by atoms with Crippen molar-refractivity contribution in [1.82, 2.24) is 4.98 Å². The maximum absolute atomic E-state index is 6.27. The minimum Gasteiger partial charge on any atom is -0.321 e. The molecule has 2 atom stereocenters. The second-order valence-electron chi connectivity index (χ2n) is 3.97. The quantitative estimate of drug-likeness (QED) is 0.765. The van der Waals surface area contributed by atoms with Gasteiger partial charge >= 0.3 is 0 Å². The smallest absolute Gasteiger partial charge is 0.0443 e. The zero-order chi connectivity index (χ0) is 9.31. The summed E-state index contributed by atoms with van der Waals surface area (Å²) in [7, 11) is 0. The Labute approximate surface area is 79.2 Å². The van der Waals surface area contributed by atoms with Crippen LogP contribution in [0, 0.1) is 5.92 Å². The molecule has 13 heavy (non-hydrogen) atoms. The lowest BCUT2D eigenvalue weighted by molar-refractivity contribution is 0.583. The van der Waals surface area contributed by atoms with Crippen LogP contribution in [-0.2, 0) is 5.54 Å². The SMILES string of the molecule is CCCC1CC1(N)c1ccncc1. The van der Waals surface area contributed by atoms with E-state index in [1.165, 1.54) is 18.4 Å². The summed E-state index contributed by atoms with van der Waals surface area (Å²) in [5.74, 6) is 0.694. The molecule has 1 aromatic heterocycles. The van der Waals surface area contributed by atoms with Gasteiger partial charge < -0.3 is 5.73 Å². The standard InChI is InChI=1S/C11H16N2/c1-2-3-10-8-11(10,12)9-4-6-13-7-5-9/h4-7,10H,2-3,8,12H2,1H3. The molecular formula is C11H16N2. The van der Waals surface area contributed by atoms with Crippen LogP contribution in [0.4, 0.5) is 0 Å². The predicted octanol–water partition coefficient (Wildman–Crippen LogP) is 2.06. The summed E-state index contributed by atoms with van der Waals surface area (Å²) in [4.78, 5) is 4.00. The first-order chi connectivity index (χ1) is 6.27. The first-order valence-corrected chi connectivity index (χ1v) is 4.96. The van der Waals surface area contributed by atoms with Crippen LogP contribution in [-0.4, -0.2) is 4.98 Å². The van der Waals surface area contributed by atoms with E-state index >= 15 is 0 Å². The van der Waals surface area contributed by atoms with E-state index in [2.05, 4.69) is 11.9 Å². The molecule has 1 fully saturated rings. The molecule has 2 unspecified atom stereocenters. The molecule has 1 heterocycles. The maximum Gasteiger partial charge on any atom is 0.0443 e. The maximum atomic E-state index is 6.27. The molecule has 0 bridgehead atoms. The van der Waals surface area contributed by atoms with Crippen molar-refractivity contribution in [3.8, 4) is 0 Å². The number of hydrogen-bond donors (Lipinski definition) is 1. The Balaban J connectivity index is 2.11. The zero-order valence-corrected chi connectivity index (χ0v) is 8.03. The van der Waals surface area contributed by atoms with Crippen LogP contribution in [0.5, 0.6) is 0 Å². The third-order valence-electron chi connectivity index (χ3n) is 3.01. The normalized spacial score (nSPS) is 31.7. The van der Waals surface area contributed by atoms with E-state index in [0.29, 0.717) is 5.92 Å². The van der Waals surface area contributed by atoms with Crippen LogP contribution >= 0.6 is 0 Å². The number of nitrogens with two attached hydrogens (primary N) is 1. The molecule has 1 saturated carbocycles. The van der Waals surface area contributed by atoms with Crippen LogP contribution in [0.2, 0.25) is 0 Å². The molecule has 0 amide bonds. The first kappa shape index (κ1) is 8.70. The molecule has 2 heteroatoms. The lowest BCUT2D eigenvalue weighted by Gasteiger charge is -2.10. The van der Waals surface area contributed by atoms with Crippen LogP contribution in [0.3, 0.4) is 0 Å². The van der Waals surface area contributed by atoms with Crippen molar-refractivity contribution in [3.05, 3.63) is 30.1 Å². The summed E-state index contributed by atoms with van der Waals surface area (Å²) in [5, 5.41) is 0. The Kier molecular flexibility index (Phi) is 2.08. The monoisotopic (exact) mass is 176 g/mol. The highest BCUT2D eigenvalue weighted by molar-refractivity contribution is 5.29. The van der Waals surface area contributed by atoms with Gasteiger partial charge in [-0.05, 0) is 36.5 Å². The number of pyridine rings is 1. The Morgan fingerprint density at radius 1 is 1.54 bits per heavy atom. The van der Waals surface area contributed by atoms with Gasteiger partial charge in [0.15, 0.2) is 0 Å². The topological polar surface area (TPSA) is 38.9 Å². The molecule has 2 rings (SSSR count). The molecule has 2 N–H and O–H groups in total. The van der Waals surface area contributed by atoms with Crippen molar-refractivity contribution in [3.63, 3.8) is 0 Å². The second-order valence-corrected chi connectivity index (χ2v) is 3.97. The van der Waals surface area contributed by atoms with Gasteiger partial charge in [-0.3, -0.25) is 4.98 Å². The molecule has 70 valence electrons. The number of nitrogens with zero attached hydrogens (tertiary/aromatic N) is 1. The summed E-state index contributed by atoms with van der Waals surface area (Å²) >= 11 is 0. The van der Waals surface area contributed by atoms with Gasteiger partial charge in [-0.15, -0.1) is 0 Å². The lowest BCUT2D eigenvalue weighted by Crippen LogP contribution is -2.22. The minimum atomic E-state index is -0.0288. The van der Waals surface area contributed by atoms with E-state index in [1.807, 2.05) is 24.5 Å². The fourth-order valence-corrected chi connectivity index (χ4v) is 2.07. The minimum absolute atomic E-state index is 0.0288. The highest BCUT2D eigenvalue weighted by Crippen LogP contribution is 2.51.